The maximum Gasteiger partial charge on any atom is 0.239 e. The Bertz CT molecular complexity index is 528. The highest BCUT2D eigenvalue weighted by Crippen LogP contribution is 2.32. The van der Waals surface area contributed by atoms with Crippen LogP contribution in [0.2, 0.25) is 10.0 Å². The summed E-state index contributed by atoms with van der Waals surface area (Å²) in [5.41, 5.74) is 6.07. The van der Waals surface area contributed by atoms with Gasteiger partial charge >= 0.3 is 0 Å². The van der Waals surface area contributed by atoms with E-state index in [0.29, 0.717) is 30.3 Å². The number of amides is 1. The van der Waals surface area contributed by atoms with Crippen molar-refractivity contribution in [3.8, 4) is 0 Å². The zero-order chi connectivity index (χ0) is 14.9. The van der Waals surface area contributed by atoms with Gasteiger partial charge in [-0.05, 0) is 19.1 Å². The fourth-order valence-corrected chi connectivity index (χ4v) is 2.62. The molecule has 21 heavy (non-hydrogen) atoms. The molecule has 1 heterocycles. The number of halogens is 4. The number of carbonyl (C=O) groups is 1. The van der Waals surface area contributed by atoms with Gasteiger partial charge in [0.25, 0.3) is 0 Å². The van der Waals surface area contributed by atoms with Crippen molar-refractivity contribution < 1.29 is 13.9 Å². The lowest BCUT2D eigenvalue weighted by Gasteiger charge is -2.34. The normalized spacial score (nSPS) is 19.9. The van der Waals surface area contributed by atoms with Crippen LogP contribution in [0, 0.1) is 5.82 Å². The minimum Gasteiger partial charge on any atom is -0.370 e. The van der Waals surface area contributed by atoms with E-state index in [4.69, 9.17) is 33.7 Å². The Kier molecular flexibility index (Phi) is 6.69. The monoisotopic (exact) mass is 356 g/mol. The predicted octanol–water partition coefficient (Wildman–Crippen LogP) is 2.80. The Morgan fingerprint density at radius 1 is 1.48 bits per heavy atom. The van der Waals surface area contributed by atoms with Gasteiger partial charge in [0.1, 0.15) is 11.9 Å². The SMILES string of the molecule is C[C@H](N)C(=O)N1CCOC(c2cc(F)c(Cl)cc2Cl)C1.Cl. The number of carbonyl (C=O) groups excluding carboxylic acids is 1. The zero-order valence-electron chi connectivity index (χ0n) is 11.3. The molecule has 2 rings (SSSR count). The second-order valence-corrected chi connectivity index (χ2v) is 5.53. The van der Waals surface area contributed by atoms with Crippen molar-refractivity contribution in [3.63, 3.8) is 0 Å². The molecule has 1 aliphatic rings. The van der Waals surface area contributed by atoms with Crippen LogP contribution in [0.3, 0.4) is 0 Å². The molecule has 2 N–H and O–H groups in total. The molecule has 8 heteroatoms. The summed E-state index contributed by atoms with van der Waals surface area (Å²) in [6, 6.07) is 2.00. The topological polar surface area (TPSA) is 55.6 Å². The van der Waals surface area contributed by atoms with Gasteiger partial charge in [0, 0.05) is 17.1 Å². The number of nitrogens with zero attached hydrogens (tertiary/aromatic N) is 1. The van der Waals surface area contributed by atoms with Crippen LogP contribution in [0.1, 0.15) is 18.6 Å². The number of hydrogen-bond donors (Lipinski definition) is 1. The number of nitrogens with two attached hydrogens (primary N) is 1. The van der Waals surface area contributed by atoms with Crippen molar-refractivity contribution in [2.75, 3.05) is 19.7 Å². The second-order valence-electron chi connectivity index (χ2n) is 4.72. The molecule has 1 amide bonds. The van der Waals surface area contributed by atoms with Crippen LogP contribution in [0.5, 0.6) is 0 Å². The van der Waals surface area contributed by atoms with Gasteiger partial charge in [-0.1, -0.05) is 23.2 Å². The van der Waals surface area contributed by atoms with E-state index in [1.165, 1.54) is 12.1 Å². The van der Waals surface area contributed by atoms with Gasteiger partial charge in [0.15, 0.2) is 0 Å². The van der Waals surface area contributed by atoms with E-state index < -0.39 is 18.0 Å². The highest BCUT2D eigenvalue weighted by atomic mass is 35.5. The Labute approximate surface area is 138 Å². The van der Waals surface area contributed by atoms with Crippen molar-refractivity contribution >= 4 is 41.5 Å². The van der Waals surface area contributed by atoms with Crippen LogP contribution in [-0.4, -0.2) is 36.5 Å². The number of ether oxygens (including phenoxy) is 1. The molecule has 1 aromatic carbocycles. The summed E-state index contributed by atoms with van der Waals surface area (Å²) in [7, 11) is 0. The summed E-state index contributed by atoms with van der Waals surface area (Å²) in [6.45, 7) is 2.73. The average Bonchev–Trinajstić information content (AvgIpc) is 2.42. The van der Waals surface area contributed by atoms with E-state index in [1.54, 1.807) is 11.8 Å². The maximum atomic E-state index is 13.6. The van der Waals surface area contributed by atoms with Gasteiger partial charge in [-0.25, -0.2) is 4.39 Å². The van der Waals surface area contributed by atoms with E-state index in [2.05, 4.69) is 0 Å². The summed E-state index contributed by atoms with van der Waals surface area (Å²) in [5, 5.41) is 0.273. The molecular formula is C13H16Cl3FN2O2. The standard InChI is InChI=1S/C13H15Cl2FN2O2.ClH/c1-7(17)13(19)18-2-3-20-12(6-18)8-4-11(16)10(15)5-9(8)14;/h4-5,7,12H,2-3,6,17H2,1H3;1H/t7-,12?;/m0./s1. The van der Waals surface area contributed by atoms with Crippen LogP contribution < -0.4 is 5.73 Å². The van der Waals surface area contributed by atoms with Crippen LogP contribution in [0.4, 0.5) is 4.39 Å². The number of hydrogen-bond acceptors (Lipinski definition) is 3. The molecule has 4 nitrogen and oxygen atoms in total. The van der Waals surface area contributed by atoms with Crippen molar-refractivity contribution in [1.29, 1.82) is 0 Å². The Morgan fingerprint density at radius 2 is 2.14 bits per heavy atom. The Morgan fingerprint density at radius 3 is 2.76 bits per heavy atom. The second kappa shape index (κ2) is 7.61. The lowest BCUT2D eigenvalue weighted by atomic mass is 10.1. The zero-order valence-corrected chi connectivity index (χ0v) is 13.6. The summed E-state index contributed by atoms with van der Waals surface area (Å²) in [4.78, 5) is 13.5. The first-order valence-electron chi connectivity index (χ1n) is 6.20. The van der Waals surface area contributed by atoms with E-state index in [0.717, 1.165) is 0 Å². The molecule has 1 aromatic rings. The summed E-state index contributed by atoms with van der Waals surface area (Å²) < 4.78 is 19.1. The lowest BCUT2D eigenvalue weighted by molar-refractivity contribution is -0.140. The van der Waals surface area contributed by atoms with Crippen LogP contribution in [0.25, 0.3) is 0 Å². The first-order chi connectivity index (χ1) is 9.40. The van der Waals surface area contributed by atoms with E-state index in [-0.39, 0.29) is 23.3 Å². The predicted molar refractivity (Wildman–Crippen MR) is 82.6 cm³/mol. The van der Waals surface area contributed by atoms with Crippen LogP contribution >= 0.6 is 35.6 Å². The number of rotatable bonds is 2. The van der Waals surface area contributed by atoms with E-state index in [1.807, 2.05) is 0 Å². The average molecular weight is 358 g/mol. The molecule has 1 fully saturated rings. The third-order valence-corrected chi connectivity index (χ3v) is 3.77. The molecule has 0 aromatic heterocycles. The third-order valence-electron chi connectivity index (χ3n) is 3.15. The smallest absolute Gasteiger partial charge is 0.239 e. The highest BCUT2D eigenvalue weighted by Gasteiger charge is 2.28. The molecule has 0 radical (unpaired) electrons. The van der Waals surface area contributed by atoms with Crippen molar-refractivity contribution in [2.24, 2.45) is 5.73 Å². The van der Waals surface area contributed by atoms with Gasteiger partial charge in [-0.3, -0.25) is 4.79 Å². The summed E-state index contributed by atoms with van der Waals surface area (Å²) in [5.74, 6) is -0.728. The third kappa shape index (κ3) is 4.20. The minimum absolute atomic E-state index is 0. The van der Waals surface area contributed by atoms with Gasteiger partial charge in [0.2, 0.25) is 5.91 Å². The summed E-state index contributed by atoms with van der Waals surface area (Å²) in [6.07, 6.45) is -0.481. The van der Waals surface area contributed by atoms with E-state index >= 15 is 0 Å². The van der Waals surface area contributed by atoms with Crippen molar-refractivity contribution in [3.05, 3.63) is 33.6 Å². The first kappa shape index (κ1) is 18.5. The molecule has 0 saturated carbocycles. The molecule has 118 valence electrons. The fourth-order valence-electron chi connectivity index (χ4n) is 2.11. The van der Waals surface area contributed by atoms with Crippen LogP contribution in [-0.2, 0) is 9.53 Å². The molecule has 1 unspecified atom stereocenters. The Hall–Kier alpha value is -0.590. The molecule has 0 spiro atoms. The molecule has 0 aliphatic carbocycles. The quantitative estimate of drug-likeness (QED) is 0.828. The Balaban J connectivity index is 0.00000220. The molecule has 1 aliphatic heterocycles. The number of benzene rings is 1. The molecule has 0 bridgehead atoms. The number of morpholine rings is 1. The lowest BCUT2D eigenvalue weighted by Crippen LogP contribution is -2.48. The van der Waals surface area contributed by atoms with Crippen molar-refractivity contribution in [2.45, 2.75) is 19.1 Å². The van der Waals surface area contributed by atoms with Gasteiger partial charge in [-0.15, -0.1) is 12.4 Å². The fraction of sp³-hybridized carbons (Fsp3) is 0.462. The molecule has 2 atom stereocenters. The van der Waals surface area contributed by atoms with Crippen LogP contribution in [0.15, 0.2) is 12.1 Å². The van der Waals surface area contributed by atoms with Gasteiger partial charge in [-0.2, -0.15) is 0 Å². The molecule has 1 saturated heterocycles. The highest BCUT2D eigenvalue weighted by molar-refractivity contribution is 6.35. The summed E-state index contributed by atoms with van der Waals surface area (Å²) >= 11 is 11.7. The largest absolute Gasteiger partial charge is 0.370 e. The molecular weight excluding hydrogens is 342 g/mol. The van der Waals surface area contributed by atoms with Gasteiger partial charge < -0.3 is 15.4 Å². The van der Waals surface area contributed by atoms with Gasteiger partial charge in [0.05, 0.1) is 24.2 Å². The minimum atomic E-state index is -0.578. The maximum absolute atomic E-state index is 13.6. The van der Waals surface area contributed by atoms with E-state index in [9.17, 15) is 9.18 Å². The van der Waals surface area contributed by atoms with Crippen molar-refractivity contribution in [1.82, 2.24) is 4.90 Å². The first-order valence-corrected chi connectivity index (χ1v) is 6.96.